The number of rotatable bonds is 8. The molecule has 0 saturated carbocycles. The Balaban J connectivity index is 1.14. The number of hydrogen-bond acceptors (Lipinski definition) is 7. The van der Waals surface area contributed by atoms with Crippen molar-refractivity contribution in [3.05, 3.63) is 89.4 Å². The van der Waals surface area contributed by atoms with E-state index >= 15 is 0 Å². The number of carbonyl (C=O) groups excluding carboxylic acids is 1. The average Bonchev–Trinajstić information content (AvgIpc) is 3.35. The van der Waals surface area contributed by atoms with Gasteiger partial charge in [0.1, 0.15) is 11.6 Å². The molecule has 4 aromatic rings. The summed E-state index contributed by atoms with van der Waals surface area (Å²) in [6.45, 7) is 6.02. The number of hydrogen-bond donors (Lipinski definition) is 3. The molecule has 1 aliphatic heterocycles. The van der Waals surface area contributed by atoms with E-state index in [0.717, 1.165) is 55.2 Å². The molecule has 0 atom stereocenters. The van der Waals surface area contributed by atoms with Crippen molar-refractivity contribution in [2.45, 2.75) is 39.3 Å². The van der Waals surface area contributed by atoms with Crippen molar-refractivity contribution in [2.75, 3.05) is 30.8 Å². The molecule has 1 fully saturated rings. The second-order valence-corrected chi connectivity index (χ2v) is 9.97. The second-order valence-electron chi connectivity index (χ2n) is 9.97. The molecule has 2 aromatic carbocycles. The van der Waals surface area contributed by atoms with Crippen LogP contribution in [-0.2, 0) is 6.54 Å². The van der Waals surface area contributed by atoms with Crippen molar-refractivity contribution < 1.29 is 9.18 Å². The van der Waals surface area contributed by atoms with E-state index in [4.69, 9.17) is 0 Å². The van der Waals surface area contributed by atoms with E-state index in [0.29, 0.717) is 28.9 Å². The van der Waals surface area contributed by atoms with E-state index < -0.39 is 0 Å². The molecule has 1 aliphatic rings. The van der Waals surface area contributed by atoms with Gasteiger partial charge in [0.2, 0.25) is 5.95 Å². The molecule has 10 heteroatoms. The largest absolute Gasteiger partial charge is 0.348 e. The molecule has 39 heavy (non-hydrogen) atoms. The van der Waals surface area contributed by atoms with Crippen LogP contribution in [0.4, 0.5) is 27.5 Å². The van der Waals surface area contributed by atoms with Gasteiger partial charge in [0.15, 0.2) is 0 Å². The van der Waals surface area contributed by atoms with E-state index in [-0.39, 0.29) is 11.7 Å². The van der Waals surface area contributed by atoms with Crippen LogP contribution in [0.2, 0.25) is 0 Å². The van der Waals surface area contributed by atoms with Gasteiger partial charge < -0.3 is 20.5 Å². The number of H-pyrrole nitrogens is 1. The third-order valence-corrected chi connectivity index (χ3v) is 7.18. The molecule has 9 nitrogen and oxygen atoms in total. The molecule has 202 valence electrons. The van der Waals surface area contributed by atoms with Crippen molar-refractivity contribution in [1.29, 1.82) is 0 Å². The van der Waals surface area contributed by atoms with E-state index in [9.17, 15) is 9.18 Å². The summed E-state index contributed by atoms with van der Waals surface area (Å²) in [6.07, 6.45) is 5.25. The van der Waals surface area contributed by atoms with E-state index in [1.54, 1.807) is 37.6 Å². The van der Waals surface area contributed by atoms with Gasteiger partial charge in [-0.2, -0.15) is 4.98 Å². The lowest BCUT2D eigenvalue weighted by molar-refractivity contribution is 0.0638. The monoisotopic (exact) mass is 528 g/mol. The maximum Gasteiger partial charge on any atom is 0.253 e. The van der Waals surface area contributed by atoms with Gasteiger partial charge in [-0.25, -0.2) is 14.4 Å². The quantitative estimate of drug-likeness (QED) is 0.290. The highest BCUT2D eigenvalue weighted by molar-refractivity contribution is 5.94. The van der Waals surface area contributed by atoms with Crippen LogP contribution in [0, 0.1) is 19.7 Å². The summed E-state index contributed by atoms with van der Waals surface area (Å²) >= 11 is 0. The molecule has 0 unspecified atom stereocenters. The predicted molar refractivity (Wildman–Crippen MR) is 150 cm³/mol. The van der Waals surface area contributed by atoms with Crippen LogP contribution < -0.4 is 10.6 Å². The van der Waals surface area contributed by atoms with Crippen LogP contribution in [0.15, 0.2) is 61.1 Å². The summed E-state index contributed by atoms with van der Waals surface area (Å²) in [5, 5.41) is 6.34. The Morgan fingerprint density at radius 3 is 2.49 bits per heavy atom. The van der Waals surface area contributed by atoms with E-state index in [2.05, 4.69) is 42.5 Å². The highest BCUT2D eigenvalue weighted by Gasteiger charge is 2.26. The van der Waals surface area contributed by atoms with Crippen LogP contribution in [0.1, 0.15) is 40.2 Å². The lowest BCUT2D eigenvalue weighted by atomic mass is 10.0. The number of nitrogens with one attached hydrogen (secondary N) is 3. The number of aromatic amines is 1. The lowest BCUT2D eigenvalue weighted by Crippen LogP contribution is -2.45. The minimum Gasteiger partial charge on any atom is -0.348 e. The van der Waals surface area contributed by atoms with Gasteiger partial charge in [-0.05, 0) is 87.8 Å². The molecule has 5 rings (SSSR count). The van der Waals surface area contributed by atoms with Crippen LogP contribution in [0.3, 0.4) is 0 Å². The number of nitrogens with zero attached hydrogens (tertiary/aromatic N) is 5. The predicted octanol–water partition coefficient (Wildman–Crippen LogP) is 5.18. The number of imidazole rings is 1. The lowest BCUT2D eigenvalue weighted by Gasteiger charge is -2.36. The third kappa shape index (κ3) is 6.40. The molecule has 0 spiro atoms. The maximum atomic E-state index is 13.5. The summed E-state index contributed by atoms with van der Waals surface area (Å²) in [7, 11) is 2.13. The van der Waals surface area contributed by atoms with Gasteiger partial charge in [-0.1, -0.05) is 0 Å². The van der Waals surface area contributed by atoms with Crippen LogP contribution in [-0.4, -0.2) is 61.8 Å². The van der Waals surface area contributed by atoms with Crippen molar-refractivity contribution in [2.24, 2.45) is 0 Å². The first kappa shape index (κ1) is 26.3. The molecule has 2 aromatic heterocycles. The number of benzene rings is 2. The molecule has 0 radical (unpaired) electrons. The average molecular weight is 529 g/mol. The molecule has 1 amide bonds. The topological polar surface area (TPSA) is 102 Å². The number of aryl methyl sites for hydroxylation is 2. The van der Waals surface area contributed by atoms with Gasteiger partial charge in [0, 0.05) is 54.5 Å². The fraction of sp³-hybridized carbons (Fsp3) is 0.310. The van der Waals surface area contributed by atoms with Gasteiger partial charge >= 0.3 is 0 Å². The van der Waals surface area contributed by atoms with Crippen molar-refractivity contribution >= 4 is 29.0 Å². The highest BCUT2D eigenvalue weighted by Crippen LogP contribution is 2.22. The van der Waals surface area contributed by atoms with E-state index in [1.807, 2.05) is 36.1 Å². The molecule has 3 N–H and O–H groups in total. The molecule has 0 aliphatic carbocycles. The zero-order valence-corrected chi connectivity index (χ0v) is 22.4. The van der Waals surface area contributed by atoms with Crippen molar-refractivity contribution in [3.63, 3.8) is 0 Å². The number of anilines is 4. The fourth-order valence-corrected chi connectivity index (χ4v) is 4.79. The Kier molecular flexibility index (Phi) is 7.83. The van der Waals surface area contributed by atoms with Crippen molar-refractivity contribution in [3.8, 4) is 0 Å². The van der Waals surface area contributed by atoms with E-state index in [1.165, 1.54) is 6.07 Å². The Morgan fingerprint density at radius 2 is 1.79 bits per heavy atom. The minimum atomic E-state index is -0.249. The zero-order chi connectivity index (χ0) is 27.4. The minimum absolute atomic E-state index is 0.0443. The maximum absolute atomic E-state index is 13.5. The van der Waals surface area contributed by atoms with Gasteiger partial charge in [-0.3, -0.25) is 9.69 Å². The fourth-order valence-electron chi connectivity index (χ4n) is 4.79. The standard InChI is InChI=1S/C29H33FN8O/c1-19-16-23(8-9-25(19)30)34-27-10-13-31-29(36-27)35-22-6-4-21(5-7-22)28(39)38-14-11-24(12-15-38)37(3)17-26-20(2)32-18-33-26/h4-10,13,16,18,24H,11-12,14-15,17H2,1-3H3,(H,32,33)(H2,31,34,35,36). The summed E-state index contributed by atoms with van der Waals surface area (Å²) in [5.41, 5.74) is 4.89. The smallest absolute Gasteiger partial charge is 0.253 e. The Hall–Kier alpha value is -4.31. The normalized spacial score (nSPS) is 14.0. The number of likely N-dealkylation sites (tertiary alicyclic amines) is 1. The number of carbonyl (C=O) groups is 1. The van der Waals surface area contributed by atoms with Crippen LogP contribution >= 0.6 is 0 Å². The summed E-state index contributed by atoms with van der Waals surface area (Å²) < 4.78 is 13.5. The van der Waals surface area contributed by atoms with Crippen LogP contribution in [0.25, 0.3) is 0 Å². The first-order valence-corrected chi connectivity index (χ1v) is 13.1. The number of aromatic nitrogens is 4. The summed E-state index contributed by atoms with van der Waals surface area (Å²) in [6, 6.07) is 14.3. The van der Waals surface area contributed by atoms with Gasteiger partial charge in [-0.15, -0.1) is 0 Å². The third-order valence-electron chi connectivity index (χ3n) is 7.18. The molecular weight excluding hydrogens is 495 g/mol. The second kappa shape index (κ2) is 11.6. The Morgan fingerprint density at radius 1 is 1.05 bits per heavy atom. The zero-order valence-electron chi connectivity index (χ0n) is 22.4. The molecule has 3 heterocycles. The van der Waals surface area contributed by atoms with Gasteiger partial charge in [0.05, 0.1) is 12.0 Å². The Bertz CT molecular complexity index is 1430. The highest BCUT2D eigenvalue weighted by atomic mass is 19.1. The molecule has 0 bridgehead atoms. The summed E-state index contributed by atoms with van der Waals surface area (Å²) in [5.74, 6) is 0.789. The van der Waals surface area contributed by atoms with Gasteiger partial charge in [0.25, 0.3) is 5.91 Å². The van der Waals surface area contributed by atoms with Crippen LogP contribution in [0.5, 0.6) is 0 Å². The summed E-state index contributed by atoms with van der Waals surface area (Å²) in [4.78, 5) is 33.7. The molecular formula is C29H33FN8O. The first-order valence-electron chi connectivity index (χ1n) is 13.1. The molecule has 1 saturated heterocycles. The SMILES string of the molecule is Cc1cc(Nc2ccnc(Nc3ccc(C(=O)N4CCC(N(C)Cc5nc[nH]c5C)CC4)cc3)n2)ccc1F. The number of piperidine rings is 1. The number of halogens is 1. The Labute approximate surface area is 227 Å². The first-order chi connectivity index (χ1) is 18.9. The number of amides is 1. The van der Waals surface area contributed by atoms with Crippen molar-refractivity contribution in [1.82, 2.24) is 29.7 Å².